The number of hydrogen-bond donors (Lipinski definition) is 2. The monoisotopic (exact) mass is 232 g/mol. The Balaban J connectivity index is 2.19. The molecule has 4 nitrogen and oxygen atoms in total. The molecule has 0 spiro atoms. The lowest BCUT2D eigenvalue weighted by molar-refractivity contribution is 0.172. The first-order chi connectivity index (χ1) is 8.29. The van der Waals surface area contributed by atoms with Crippen molar-refractivity contribution in [3.63, 3.8) is 0 Å². The minimum atomic E-state index is 0.627. The predicted molar refractivity (Wildman–Crippen MR) is 66.8 cm³/mol. The summed E-state index contributed by atoms with van der Waals surface area (Å²) in [5, 5.41) is 4.40. The summed E-state index contributed by atoms with van der Waals surface area (Å²) in [6, 6.07) is 4.09. The standard InChI is InChI=1S/C13H16N2O2/c1-8-10(7-14-2)9-5-12-13(6-11(9)15-8)17-4-3-16-12/h5-6,14-15H,3-4,7H2,1-2H3. The minimum Gasteiger partial charge on any atom is -0.486 e. The summed E-state index contributed by atoms with van der Waals surface area (Å²) in [5.41, 5.74) is 3.59. The average molecular weight is 232 g/mol. The van der Waals surface area contributed by atoms with Crippen LogP contribution < -0.4 is 14.8 Å². The van der Waals surface area contributed by atoms with Gasteiger partial charge in [-0.25, -0.2) is 0 Å². The van der Waals surface area contributed by atoms with E-state index in [1.165, 1.54) is 16.6 Å². The molecular formula is C13H16N2O2. The molecular weight excluding hydrogens is 216 g/mol. The molecule has 2 heterocycles. The van der Waals surface area contributed by atoms with Crippen molar-refractivity contribution in [3.05, 3.63) is 23.4 Å². The number of ether oxygens (including phenoxy) is 2. The third kappa shape index (κ3) is 1.65. The van der Waals surface area contributed by atoms with Gasteiger partial charge in [-0.3, -0.25) is 0 Å². The van der Waals surface area contributed by atoms with Gasteiger partial charge < -0.3 is 19.8 Å². The van der Waals surface area contributed by atoms with Crippen LogP contribution >= 0.6 is 0 Å². The second-order valence-corrected chi connectivity index (χ2v) is 4.30. The van der Waals surface area contributed by atoms with Crippen LogP contribution in [0.3, 0.4) is 0 Å². The molecule has 0 bridgehead atoms. The van der Waals surface area contributed by atoms with Crippen LogP contribution in [0, 0.1) is 6.92 Å². The molecule has 0 aliphatic carbocycles. The lowest BCUT2D eigenvalue weighted by Gasteiger charge is -2.18. The molecule has 1 aromatic heterocycles. The number of hydrogen-bond acceptors (Lipinski definition) is 3. The summed E-state index contributed by atoms with van der Waals surface area (Å²) >= 11 is 0. The van der Waals surface area contributed by atoms with Gasteiger partial charge in [-0.2, -0.15) is 0 Å². The van der Waals surface area contributed by atoms with Gasteiger partial charge in [-0.05, 0) is 25.6 Å². The van der Waals surface area contributed by atoms with Gasteiger partial charge in [0.15, 0.2) is 11.5 Å². The Hall–Kier alpha value is -1.68. The Morgan fingerprint density at radius 1 is 1.24 bits per heavy atom. The first-order valence-electron chi connectivity index (χ1n) is 5.85. The second kappa shape index (κ2) is 3.96. The summed E-state index contributed by atoms with van der Waals surface area (Å²) in [6.45, 7) is 4.20. The quantitative estimate of drug-likeness (QED) is 0.832. The number of nitrogens with one attached hydrogen (secondary N) is 2. The van der Waals surface area contributed by atoms with Crippen molar-refractivity contribution < 1.29 is 9.47 Å². The lowest BCUT2D eigenvalue weighted by Crippen LogP contribution is -2.15. The maximum Gasteiger partial charge on any atom is 0.163 e. The number of H-pyrrole nitrogens is 1. The predicted octanol–water partition coefficient (Wildman–Crippen LogP) is 1.97. The molecule has 0 atom stereocenters. The molecule has 3 rings (SSSR count). The molecule has 0 unspecified atom stereocenters. The SMILES string of the molecule is CNCc1c(C)[nH]c2cc3c(cc12)OCCO3. The van der Waals surface area contributed by atoms with Crippen LogP contribution in [0.1, 0.15) is 11.3 Å². The van der Waals surface area contributed by atoms with Gasteiger partial charge in [0, 0.05) is 29.2 Å². The van der Waals surface area contributed by atoms with Crippen LogP contribution in [0.5, 0.6) is 11.5 Å². The molecule has 4 heteroatoms. The Kier molecular flexibility index (Phi) is 2.44. The zero-order chi connectivity index (χ0) is 11.8. The fraction of sp³-hybridized carbons (Fsp3) is 0.385. The van der Waals surface area contributed by atoms with Gasteiger partial charge in [0.25, 0.3) is 0 Å². The first kappa shape index (κ1) is 10.5. The van der Waals surface area contributed by atoms with E-state index in [1.54, 1.807) is 0 Å². The minimum absolute atomic E-state index is 0.627. The van der Waals surface area contributed by atoms with E-state index in [4.69, 9.17) is 9.47 Å². The van der Waals surface area contributed by atoms with Crippen molar-refractivity contribution in [3.8, 4) is 11.5 Å². The van der Waals surface area contributed by atoms with Gasteiger partial charge in [-0.1, -0.05) is 0 Å². The van der Waals surface area contributed by atoms with E-state index in [-0.39, 0.29) is 0 Å². The summed E-state index contributed by atoms with van der Waals surface area (Å²) in [6.07, 6.45) is 0. The summed E-state index contributed by atoms with van der Waals surface area (Å²) in [4.78, 5) is 3.39. The normalized spacial score (nSPS) is 14.2. The maximum absolute atomic E-state index is 5.61. The molecule has 2 N–H and O–H groups in total. The number of benzene rings is 1. The van der Waals surface area contributed by atoms with Crippen molar-refractivity contribution in [2.75, 3.05) is 20.3 Å². The number of aromatic amines is 1. The molecule has 0 radical (unpaired) electrons. The van der Waals surface area contributed by atoms with E-state index in [9.17, 15) is 0 Å². The van der Waals surface area contributed by atoms with E-state index in [0.29, 0.717) is 13.2 Å². The third-order valence-electron chi connectivity index (χ3n) is 3.14. The van der Waals surface area contributed by atoms with Gasteiger partial charge >= 0.3 is 0 Å². The van der Waals surface area contributed by atoms with E-state index in [1.807, 2.05) is 13.1 Å². The molecule has 17 heavy (non-hydrogen) atoms. The number of aromatic nitrogens is 1. The van der Waals surface area contributed by atoms with Crippen LogP contribution in [0.2, 0.25) is 0 Å². The summed E-state index contributed by atoms with van der Waals surface area (Å²) in [7, 11) is 1.95. The van der Waals surface area contributed by atoms with Crippen LogP contribution in [-0.2, 0) is 6.54 Å². The Labute approximate surface area is 99.9 Å². The fourth-order valence-electron chi connectivity index (χ4n) is 2.33. The zero-order valence-corrected chi connectivity index (χ0v) is 10.1. The summed E-state index contributed by atoms with van der Waals surface area (Å²) < 4.78 is 11.2. The highest BCUT2D eigenvalue weighted by atomic mass is 16.6. The number of rotatable bonds is 2. The van der Waals surface area contributed by atoms with Crippen LogP contribution in [-0.4, -0.2) is 25.2 Å². The Bertz CT molecular complexity index is 560. The van der Waals surface area contributed by atoms with Crippen LogP contribution in [0.15, 0.2) is 12.1 Å². The van der Waals surface area contributed by atoms with E-state index < -0.39 is 0 Å². The van der Waals surface area contributed by atoms with E-state index >= 15 is 0 Å². The molecule has 0 amide bonds. The first-order valence-corrected chi connectivity index (χ1v) is 5.85. The van der Waals surface area contributed by atoms with Crippen LogP contribution in [0.4, 0.5) is 0 Å². The van der Waals surface area contributed by atoms with Gasteiger partial charge in [0.05, 0.1) is 0 Å². The molecule has 2 aromatic rings. The third-order valence-corrected chi connectivity index (χ3v) is 3.14. The Morgan fingerprint density at radius 3 is 2.65 bits per heavy atom. The average Bonchev–Trinajstić information content (AvgIpc) is 2.63. The summed E-state index contributed by atoms with van der Waals surface area (Å²) in [5.74, 6) is 1.68. The molecule has 90 valence electrons. The van der Waals surface area contributed by atoms with Gasteiger partial charge in [-0.15, -0.1) is 0 Å². The molecule has 0 saturated heterocycles. The van der Waals surface area contributed by atoms with Crippen molar-refractivity contribution in [2.45, 2.75) is 13.5 Å². The van der Waals surface area contributed by atoms with Crippen LogP contribution in [0.25, 0.3) is 10.9 Å². The van der Waals surface area contributed by atoms with Gasteiger partial charge in [0.2, 0.25) is 0 Å². The van der Waals surface area contributed by atoms with Crippen molar-refractivity contribution in [1.82, 2.24) is 10.3 Å². The molecule has 0 fully saturated rings. The largest absolute Gasteiger partial charge is 0.486 e. The molecule has 0 saturated carbocycles. The molecule has 1 aliphatic heterocycles. The van der Waals surface area contributed by atoms with Gasteiger partial charge in [0.1, 0.15) is 13.2 Å². The second-order valence-electron chi connectivity index (χ2n) is 4.30. The highest BCUT2D eigenvalue weighted by Crippen LogP contribution is 2.36. The smallest absolute Gasteiger partial charge is 0.163 e. The molecule has 1 aromatic carbocycles. The lowest BCUT2D eigenvalue weighted by atomic mass is 10.1. The van der Waals surface area contributed by atoms with Crippen molar-refractivity contribution >= 4 is 10.9 Å². The van der Waals surface area contributed by atoms with E-state index in [0.717, 1.165) is 23.6 Å². The zero-order valence-electron chi connectivity index (χ0n) is 10.1. The number of aryl methyl sites for hydroxylation is 1. The maximum atomic E-state index is 5.61. The topological polar surface area (TPSA) is 46.3 Å². The van der Waals surface area contributed by atoms with Crippen molar-refractivity contribution in [1.29, 1.82) is 0 Å². The van der Waals surface area contributed by atoms with Crippen molar-refractivity contribution in [2.24, 2.45) is 0 Å². The number of fused-ring (bicyclic) bond motifs is 2. The molecule has 1 aliphatic rings. The highest BCUT2D eigenvalue weighted by Gasteiger charge is 2.16. The van der Waals surface area contributed by atoms with E-state index in [2.05, 4.69) is 23.3 Å². The fourth-order valence-corrected chi connectivity index (χ4v) is 2.33. The Morgan fingerprint density at radius 2 is 1.94 bits per heavy atom. The highest BCUT2D eigenvalue weighted by molar-refractivity contribution is 5.88.